The zero-order chi connectivity index (χ0) is 28.6. The molecular formula is C37H42O6. The van der Waals surface area contributed by atoms with Gasteiger partial charge >= 0.3 is 0 Å². The fourth-order valence-electron chi connectivity index (χ4n) is 8.74. The molecule has 2 heterocycles. The molecule has 9 rings (SSSR count). The zero-order valence-corrected chi connectivity index (χ0v) is 24.7. The summed E-state index contributed by atoms with van der Waals surface area (Å²) in [6.45, 7) is 1.29. The summed E-state index contributed by atoms with van der Waals surface area (Å²) in [5.41, 5.74) is 3.05. The van der Waals surface area contributed by atoms with Gasteiger partial charge in [0.25, 0.3) is 0 Å². The molecule has 43 heavy (non-hydrogen) atoms. The lowest BCUT2D eigenvalue weighted by Gasteiger charge is -2.58. The summed E-state index contributed by atoms with van der Waals surface area (Å²) in [6, 6.07) is 30.7. The van der Waals surface area contributed by atoms with Gasteiger partial charge in [-0.15, -0.1) is 0 Å². The molecule has 0 N–H and O–H groups in total. The Labute approximate surface area is 254 Å². The van der Waals surface area contributed by atoms with Crippen molar-refractivity contribution in [3.8, 4) is 0 Å². The summed E-state index contributed by atoms with van der Waals surface area (Å²) in [6.07, 6.45) is 4.81. The maximum atomic E-state index is 7.20. The van der Waals surface area contributed by atoms with Crippen LogP contribution in [0.3, 0.4) is 0 Å². The number of fused-ring (bicyclic) bond motifs is 1. The van der Waals surface area contributed by atoms with E-state index in [0.717, 1.165) is 53.7 Å². The molecule has 0 radical (unpaired) electrons. The molecule has 0 amide bonds. The number of hydrogen-bond donors (Lipinski definition) is 0. The van der Waals surface area contributed by atoms with E-state index in [2.05, 4.69) is 24.3 Å². The Morgan fingerprint density at radius 3 is 1.74 bits per heavy atom. The molecule has 0 spiro atoms. The second kappa shape index (κ2) is 12.1. The van der Waals surface area contributed by atoms with Crippen LogP contribution >= 0.6 is 0 Å². The quantitative estimate of drug-likeness (QED) is 0.271. The van der Waals surface area contributed by atoms with Crippen molar-refractivity contribution in [2.45, 2.75) is 94.3 Å². The van der Waals surface area contributed by atoms with Crippen LogP contribution in [0.1, 0.15) is 61.5 Å². The molecule has 2 saturated heterocycles. The Morgan fingerprint density at radius 2 is 1.16 bits per heavy atom. The first kappa shape index (κ1) is 27.9. The van der Waals surface area contributed by atoms with Gasteiger partial charge in [-0.05, 0) is 67.4 Å². The van der Waals surface area contributed by atoms with Crippen molar-refractivity contribution in [1.82, 2.24) is 0 Å². The third-order valence-electron chi connectivity index (χ3n) is 10.3. The molecule has 6 nitrogen and oxygen atoms in total. The van der Waals surface area contributed by atoms with Gasteiger partial charge in [-0.3, -0.25) is 0 Å². The van der Waals surface area contributed by atoms with Crippen LogP contribution in [0.5, 0.6) is 0 Å². The average Bonchev–Trinajstić information content (AvgIpc) is 3.03. The number of benzene rings is 3. The van der Waals surface area contributed by atoms with Gasteiger partial charge in [0.2, 0.25) is 0 Å². The van der Waals surface area contributed by atoms with E-state index >= 15 is 0 Å². The van der Waals surface area contributed by atoms with E-state index in [1.54, 1.807) is 0 Å². The summed E-state index contributed by atoms with van der Waals surface area (Å²) in [5.74, 6) is 2.30. The minimum Gasteiger partial charge on any atom is -0.368 e. The van der Waals surface area contributed by atoms with Gasteiger partial charge in [0.1, 0.15) is 24.4 Å². The Kier molecular flexibility index (Phi) is 7.84. The molecule has 3 aromatic rings. The van der Waals surface area contributed by atoms with Gasteiger partial charge in [0.15, 0.2) is 12.6 Å². The average molecular weight is 583 g/mol. The largest absolute Gasteiger partial charge is 0.368 e. The van der Waals surface area contributed by atoms with Gasteiger partial charge < -0.3 is 28.4 Å². The first-order valence-corrected chi connectivity index (χ1v) is 16.2. The smallest absolute Gasteiger partial charge is 0.187 e. The summed E-state index contributed by atoms with van der Waals surface area (Å²) in [5, 5.41) is 0. The monoisotopic (exact) mass is 582 g/mol. The zero-order valence-electron chi connectivity index (χ0n) is 24.7. The van der Waals surface area contributed by atoms with E-state index < -0.39 is 24.8 Å². The van der Waals surface area contributed by atoms with Crippen molar-refractivity contribution in [3.63, 3.8) is 0 Å². The molecule has 4 aliphatic carbocycles. The van der Waals surface area contributed by atoms with Gasteiger partial charge in [-0.1, -0.05) is 91.0 Å². The van der Waals surface area contributed by atoms with E-state index in [-0.39, 0.29) is 17.8 Å². The van der Waals surface area contributed by atoms with Crippen molar-refractivity contribution in [2.24, 2.45) is 17.8 Å². The number of hydrogen-bond acceptors (Lipinski definition) is 6. The van der Waals surface area contributed by atoms with Crippen LogP contribution in [0.2, 0.25) is 0 Å². The van der Waals surface area contributed by atoms with Crippen molar-refractivity contribution < 1.29 is 28.4 Å². The van der Waals surface area contributed by atoms with Gasteiger partial charge in [0, 0.05) is 5.56 Å². The van der Waals surface area contributed by atoms with E-state index in [1.807, 2.05) is 66.7 Å². The van der Waals surface area contributed by atoms with Crippen LogP contribution < -0.4 is 0 Å². The maximum absolute atomic E-state index is 7.20. The molecule has 6 heteroatoms. The van der Waals surface area contributed by atoms with Crippen LogP contribution in [0, 0.1) is 17.8 Å². The van der Waals surface area contributed by atoms with E-state index in [1.165, 1.54) is 19.3 Å². The molecule has 6 atom stereocenters. The van der Waals surface area contributed by atoms with Gasteiger partial charge in [-0.2, -0.15) is 0 Å². The van der Waals surface area contributed by atoms with Crippen LogP contribution in [-0.2, 0) is 41.6 Å². The second-order valence-electron chi connectivity index (χ2n) is 13.5. The molecule has 4 saturated carbocycles. The second-order valence-corrected chi connectivity index (χ2v) is 13.5. The third-order valence-corrected chi connectivity index (χ3v) is 10.3. The van der Waals surface area contributed by atoms with E-state index in [9.17, 15) is 0 Å². The molecule has 4 bridgehead atoms. The normalized spacial score (nSPS) is 38.1. The Balaban J connectivity index is 1.10. The molecule has 3 aromatic carbocycles. The molecular weight excluding hydrogens is 540 g/mol. The fourth-order valence-corrected chi connectivity index (χ4v) is 8.74. The van der Waals surface area contributed by atoms with Gasteiger partial charge in [0.05, 0.1) is 25.4 Å². The van der Waals surface area contributed by atoms with Crippen molar-refractivity contribution in [3.05, 3.63) is 108 Å². The maximum Gasteiger partial charge on any atom is 0.187 e. The molecule has 1 unspecified atom stereocenters. The molecule has 226 valence electrons. The predicted molar refractivity (Wildman–Crippen MR) is 161 cm³/mol. The lowest BCUT2D eigenvalue weighted by atomic mass is 9.54. The Morgan fingerprint density at radius 1 is 0.628 bits per heavy atom. The minimum absolute atomic E-state index is 0.145. The van der Waals surface area contributed by atoms with E-state index in [0.29, 0.717) is 19.8 Å². The van der Waals surface area contributed by atoms with Crippen molar-refractivity contribution in [1.29, 1.82) is 0 Å². The topological polar surface area (TPSA) is 55.4 Å². The van der Waals surface area contributed by atoms with Crippen LogP contribution in [0.25, 0.3) is 0 Å². The molecule has 6 fully saturated rings. The molecule has 0 aromatic heterocycles. The van der Waals surface area contributed by atoms with Crippen LogP contribution in [-0.4, -0.2) is 42.9 Å². The number of ether oxygens (including phenoxy) is 6. The third kappa shape index (κ3) is 5.94. The molecule has 6 aliphatic rings. The highest BCUT2D eigenvalue weighted by atomic mass is 16.8. The molecule has 2 aliphatic heterocycles. The van der Waals surface area contributed by atoms with Crippen LogP contribution in [0.4, 0.5) is 0 Å². The minimum atomic E-state index is -0.567. The number of rotatable bonds is 9. The van der Waals surface area contributed by atoms with E-state index in [4.69, 9.17) is 28.4 Å². The lowest BCUT2D eigenvalue weighted by Crippen LogP contribution is -2.65. The van der Waals surface area contributed by atoms with Crippen molar-refractivity contribution >= 4 is 0 Å². The SMILES string of the molecule is c1ccc(CO[C@@H]2[C@H](OCc3ccccc3)[C@H](OC34CC5CC(CC(C5)C3)C4)O[C@@H]3COC(c4ccccc4)O[C@@H]23)cc1. The first-order chi connectivity index (χ1) is 21.2. The fraction of sp³-hybridized carbons (Fsp3) is 0.514. The lowest BCUT2D eigenvalue weighted by molar-refractivity contribution is -0.391. The van der Waals surface area contributed by atoms with Gasteiger partial charge in [-0.25, -0.2) is 0 Å². The highest BCUT2D eigenvalue weighted by Gasteiger charge is 2.57. The standard InChI is InChI=1S/C37H42O6/c1-4-10-25(11-5-1)22-38-33-32-31(24-40-35(42-32)30-14-8-3-9-15-30)41-36(34(33)39-23-26-12-6-2-7-13-26)43-37-19-27-16-28(20-37)18-29(17-27)21-37/h1-15,27-29,31-36H,16-24H2/t27?,28?,29?,31-,32-,33+,34+,35?,36+,37?/m1/s1. The highest BCUT2D eigenvalue weighted by molar-refractivity contribution is 5.18. The predicted octanol–water partition coefficient (Wildman–Crippen LogP) is 6.98. The first-order valence-electron chi connectivity index (χ1n) is 16.2. The summed E-state index contributed by atoms with van der Waals surface area (Å²) in [7, 11) is 0. The summed E-state index contributed by atoms with van der Waals surface area (Å²) >= 11 is 0. The van der Waals surface area contributed by atoms with Crippen molar-refractivity contribution in [2.75, 3.05) is 6.61 Å². The summed E-state index contributed by atoms with van der Waals surface area (Å²) in [4.78, 5) is 0. The Bertz CT molecular complexity index is 1300. The Hall–Kier alpha value is -2.58. The summed E-state index contributed by atoms with van der Waals surface area (Å²) < 4.78 is 40.6. The van der Waals surface area contributed by atoms with Crippen LogP contribution in [0.15, 0.2) is 91.0 Å². The highest BCUT2D eigenvalue weighted by Crippen LogP contribution is 2.58.